The van der Waals surface area contributed by atoms with Gasteiger partial charge < -0.3 is 20.9 Å². The first kappa shape index (κ1) is 32.4. The minimum atomic E-state index is -0.295. The molecule has 45 heavy (non-hydrogen) atoms. The molecule has 0 aliphatic carbocycles. The molecule has 0 aliphatic heterocycles. The number of amides is 4. The van der Waals surface area contributed by atoms with Crippen LogP contribution in [0, 0.1) is 13.8 Å². The summed E-state index contributed by atoms with van der Waals surface area (Å²) in [4.78, 5) is 51.1. The number of hydrogen-bond acceptors (Lipinski definition) is 4. The van der Waals surface area contributed by atoms with E-state index >= 15 is 0 Å². The second-order valence-corrected chi connectivity index (χ2v) is 10.9. The van der Waals surface area contributed by atoms with E-state index in [1.54, 1.807) is 7.05 Å². The Balaban J connectivity index is 1.25. The van der Waals surface area contributed by atoms with Crippen LogP contribution in [-0.2, 0) is 32.0 Å². The van der Waals surface area contributed by atoms with Crippen molar-refractivity contribution in [2.75, 3.05) is 30.8 Å². The lowest BCUT2D eigenvalue weighted by molar-refractivity contribution is -0.132. The highest BCUT2D eigenvalue weighted by Gasteiger charge is 2.14. The van der Waals surface area contributed by atoms with E-state index in [-0.39, 0.29) is 49.6 Å². The first-order valence-electron chi connectivity index (χ1n) is 14.7. The van der Waals surface area contributed by atoms with Crippen molar-refractivity contribution in [2.45, 2.75) is 26.7 Å². The first-order valence-corrected chi connectivity index (χ1v) is 14.7. The lowest BCUT2D eigenvalue weighted by Gasteiger charge is -2.17. The van der Waals surface area contributed by atoms with Crippen molar-refractivity contribution in [3.05, 3.63) is 130 Å². The van der Waals surface area contributed by atoms with E-state index in [2.05, 4.69) is 16.0 Å². The maximum absolute atomic E-state index is 12.6. The maximum atomic E-state index is 12.6. The summed E-state index contributed by atoms with van der Waals surface area (Å²) < 4.78 is 0. The van der Waals surface area contributed by atoms with Crippen LogP contribution in [0.15, 0.2) is 97.1 Å². The largest absolute Gasteiger partial charge is 0.347 e. The van der Waals surface area contributed by atoms with E-state index in [1.165, 1.54) is 4.90 Å². The van der Waals surface area contributed by atoms with Crippen molar-refractivity contribution in [1.82, 2.24) is 10.2 Å². The summed E-state index contributed by atoms with van der Waals surface area (Å²) in [5.41, 5.74) is 6.87. The number of carbonyl (C=O) groups excluding carboxylic acids is 4. The molecule has 3 N–H and O–H groups in total. The van der Waals surface area contributed by atoms with E-state index < -0.39 is 0 Å². The van der Waals surface area contributed by atoms with Gasteiger partial charge in [-0.05, 0) is 71.5 Å². The van der Waals surface area contributed by atoms with Crippen LogP contribution in [0.3, 0.4) is 0 Å². The number of nitrogens with zero attached hydrogens (tertiary/aromatic N) is 1. The molecule has 0 saturated heterocycles. The van der Waals surface area contributed by atoms with Gasteiger partial charge in [0.1, 0.15) is 0 Å². The summed E-state index contributed by atoms with van der Waals surface area (Å²) >= 11 is 0. The second-order valence-electron chi connectivity index (χ2n) is 10.9. The molecule has 8 heteroatoms. The van der Waals surface area contributed by atoms with Crippen molar-refractivity contribution in [1.29, 1.82) is 0 Å². The number of nitrogens with one attached hydrogen (secondary N) is 3. The molecule has 0 radical (unpaired) electrons. The van der Waals surface area contributed by atoms with E-state index in [9.17, 15) is 19.2 Å². The van der Waals surface area contributed by atoms with Crippen LogP contribution >= 0.6 is 0 Å². The van der Waals surface area contributed by atoms with Crippen molar-refractivity contribution >= 4 is 47.2 Å². The van der Waals surface area contributed by atoms with E-state index in [4.69, 9.17) is 0 Å². The van der Waals surface area contributed by atoms with Gasteiger partial charge in [0.2, 0.25) is 23.6 Å². The third-order valence-electron chi connectivity index (χ3n) is 7.18. The molecule has 4 aromatic rings. The number of anilines is 2. The summed E-state index contributed by atoms with van der Waals surface area (Å²) in [6.45, 7) is 3.69. The fraction of sp³-hybridized carbons (Fsp3) is 0.189. The second kappa shape index (κ2) is 15.8. The van der Waals surface area contributed by atoms with Gasteiger partial charge in [0, 0.05) is 18.4 Å². The van der Waals surface area contributed by atoms with Crippen LogP contribution in [0.2, 0.25) is 0 Å². The number of hydrogen-bond donors (Lipinski definition) is 3. The molecule has 0 atom stereocenters. The Morgan fingerprint density at radius 1 is 0.622 bits per heavy atom. The molecule has 0 fully saturated rings. The summed E-state index contributed by atoms with van der Waals surface area (Å²) in [6.07, 6.45) is 4.42. The van der Waals surface area contributed by atoms with Crippen molar-refractivity contribution in [2.24, 2.45) is 0 Å². The summed E-state index contributed by atoms with van der Waals surface area (Å²) in [5.74, 6) is -0.890. The van der Waals surface area contributed by atoms with Crippen LogP contribution < -0.4 is 16.0 Å². The summed E-state index contributed by atoms with van der Waals surface area (Å²) in [7, 11) is 1.63. The Morgan fingerprint density at radius 3 is 1.62 bits per heavy atom. The molecule has 4 amide bonds. The van der Waals surface area contributed by atoms with Crippen LogP contribution in [0.25, 0.3) is 12.2 Å². The number of benzene rings is 4. The minimum Gasteiger partial charge on any atom is -0.347 e. The highest BCUT2D eigenvalue weighted by Crippen LogP contribution is 2.21. The molecule has 230 valence electrons. The van der Waals surface area contributed by atoms with Gasteiger partial charge in [-0.3, -0.25) is 19.2 Å². The number of likely N-dealkylation sites (N-methyl/N-ethyl adjacent to an activating group) is 1. The molecule has 0 aliphatic rings. The quantitative estimate of drug-likeness (QED) is 0.189. The fourth-order valence-electron chi connectivity index (χ4n) is 4.67. The zero-order valence-corrected chi connectivity index (χ0v) is 25.8. The van der Waals surface area contributed by atoms with Crippen molar-refractivity contribution < 1.29 is 19.2 Å². The predicted molar refractivity (Wildman–Crippen MR) is 179 cm³/mol. The van der Waals surface area contributed by atoms with Gasteiger partial charge in [-0.15, -0.1) is 0 Å². The smallest absolute Gasteiger partial charge is 0.243 e. The summed E-state index contributed by atoms with van der Waals surface area (Å²) in [6, 6.07) is 30.3. The lowest BCUT2D eigenvalue weighted by Crippen LogP contribution is -2.35. The number of rotatable bonds is 12. The molecule has 0 bridgehead atoms. The van der Waals surface area contributed by atoms with Crippen molar-refractivity contribution in [3.63, 3.8) is 0 Å². The Labute approximate surface area is 264 Å². The average molecular weight is 603 g/mol. The minimum absolute atomic E-state index is 0.0363. The van der Waals surface area contributed by atoms with Crippen LogP contribution in [0.5, 0.6) is 0 Å². The fourth-order valence-corrected chi connectivity index (χ4v) is 4.67. The van der Waals surface area contributed by atoms with E-state index in [1.807, 2.05) is 123 Å². The molecule has 0 saturated carbocycles. The average Bonchev–Trinajstić information content (AvgIpc) is 3.02. The Kier molecular flexibility index (Phi) is 11.4. The van der Waals surface area contributed by atoms with Gasteiger partial charge >= 0.3 is 0 Å². The maximum Gasteiger partial charge on any atom is 0.243 e. The number of carbonyl (C=O) groups is 4. The molecule has 0 aromatic heterocycles. The topological polar surface area (TPSA) is 108 Å². The highest BCUT2D eigenvalue weighted by atomic mass is 16.2. The van der Waals surface area contributed by atoms with Gasteiger partial charge in [-0.25, -0.2) is 0 Å². The normalized spacial score (nSPS) is 10.7. The van der Waals surface area contributed by atoms with Crippen molar-refractivity contribution in [3.8, 4) is 0 Å². The third kappa shape index (κ3) is 10.3. The third-order valence-corrected chi connectivity index (χ3v) is 7.18. The molecular weight excluding hydrogens is 564 g/mol. The summed E-state index contributed by atoms with van der Waals surface area (Å²) in [5, 5.41) is 8.41. The van der Waals surface area contributed by atoms with Gasteiger partial charge in [-0.2, -0.15) is 0 Å². The van der Waals surface area contributed by atoms with Gasteiger partial charge in [-0.1, -0.05) is 84.9 Å². The van der Waals surface area contributed by atoms with Gasteiger partial charge in [0.15, 0.2) is 0 Å². The standard InChI is InChI=1S/C37H38N4O4/c1-26-20-30(16-18-32(26)39-35(43)24-38-34(42)22-28-10-6-4-7-11-28)14-15-31-17-19-33(27(2)21-31)40-36(44)25-41(3)37(45)23-29-12-8-5-9-13-29/h4-21H,22-25H2,1-3H3,(H,38,42)(H,39,43)(H,40,44)/b15-14+. The highest BCUT2D eigenvalue weighted by molar-refractivity contribution is 5.96. The zero-order valence-electron chi connectivity index (χ0n) is 25.8. The molecule has 0 heterocycles. The van der Waals surface area contributed by atoms with Crippen LogP contribution in [0.4, 0.5) is 11.4 Å². The predicted octanol–water partition coefficient (Wildman–Crippen LogP) is 5.41. The Hall–Kier alpha value is -5.50. The molecule has 4 rings (SSSR count). The zero-order chi connectivity index (χ0) is 32.2. The van der Waals surface area contributed by atoms with Gasteiger partial charge in [0.05, 0.1) is 25.9 Å². The van der Waals surface area contributed by atoms with E-state index in [0.717, 1.165) is 33.4 Å². The molecule has 8 nitrogen and oxygen atoms in total. The molecular formula is C37H38N4O4. The Bertz CT molecular complexity index is 1680. The molecule has 0 unspecified atom stereocenters. The molecule has 4 aromatic carbocycles. The first-order chi connectivity index (χ1) is 21.7. The van der Waals surface area contributed by atoms with Crippen LogP contribution in [-0.4, -0.2) is 48.7 Å². The number of aryl methyl sites for hydroxylation is 2. The van der Waals surface area contributed by atoms with Crippen LogP contribution in [0.1, 0.15) is 33.4 Å². The monoisotopic (exact) mass is 602 g/mol. The van der Waals surface area contributed by atoms with Gasteiger partial charge in [0.25, 0.3) is 0 Å². The molecule has 0 spiro atoms. The Morgan fingerprint density at radius 2 is 1.11 bits per heavy atom. The lowest BCUT2D eigenvalue weighted by atomic mass is 10.1. The SMILES string of the molecule is Cc1cc(/C=C/c2ccc(NC(=O)CN(C)C(=O)Cc3ccccc3)c(C)c2)ccc1NC(=O)CNC(=O)Cc1ccccc1. The van der Waals surface area contributed by atoms with E-state index in [0.29, 0.717) is 11.4 Å².